The van der Waals surface area contributed by atoms with Gasteiger partial charge in [0.15, 0.2) is 12.2 Å². The number of hydrogen-bond acceptors (Lipinski definition) is 6. The van der Waals surface area contributed by atoms with Gasteiger partial charge in [0.05, 0.1) is 11.9 Å². The third kappa shape index (κ3) is 5.47. The second kappa shape index (κ2) is 8.84. The van der Waals surface area contributed by atoms with Crippen LogP contribution in [0.15, 0.2) is 33.5 Å². The van der Waals surface area contributed by atoms with Crippen LogP contribution < -0.4 is 16.4 Å². The number of imide groups is 1. The number of aromatic nitrogens is 1. The molecule has 0 atom stereocenters. The second-order valence-corrected chi connectivity index (χ2v) is 6.05. The number of ether oxygens (including phenoxy) is 1. The average Bonchev–Trinajstić information content (AvgIpc) is 2.91. The average molecular weight is 363 g/mol. The highest BCUT2D eigenvalue weighted by atomic mass is 16.5. The minimum absolute atomic E-state index is 0.0607. The van der Waals surface area contributed by atoms with Crippen LogP contribution in [-0.4, -0.2) is 35.6 Å². The fourth-order valence-electron chi connectivity index (χ4n) is 2.15. The van der Waals surface area contributed by atoms with Crippen LogP contribution in [0.3, 0.4) is 0 Å². The van der Waals surface area contributed by atoms with Gasteiger partial charge in [-0.3, -0.25) is 19.5 Å². The van der Waals surface area contributed by atoms with E-state index in [2.05, 4.69) is 10.6 Å². The van der Waals surface area contributed by atoms with Crippen molar-refractivity contribution >= 4 is 29.0 Å². The number of rotatable bonds is 7. The van der Waals surface area contributed by atoms with E-state index in [1.165, 1.54) is 4.57 Å². The number of carbonyl (C=O) groups is 3. The number of benzene rings is 1. The van der Waals surface area contributed by atoms with E-state index in [4.69, 9.17) is 9.15 Å². The number of esters is 1. The lowest BCUT2D eigenvalue weighted by Gasteiger charge is -2.09. The lowest BCUT2D eigenvalue weighted by molar-refractivity contribution is -0.148. The summed E-state index contributed by atoms with van der Waals surface area (Å²) in [4.78, 5) is 46.5. The Hall–Kier alpha value is -3.10. The van der Waals surface area contributed by atoms with Crippen molar-refractivity contribution < 1.29 is 23.5 Å². The number of para-hydroxylation sites is 2. The van der Waals surface area contributed by atoms with Crippen molar-refractivity contribution in [2.45, 2.75) is 26.8 Å². The van der Waals surface area contributed by atoms with Crippen LogP contribution in [-0.2, 0) is 20.9 Å². The van der Waals surface area contributed by atoms with E-state index < -0.39 is 30.3 Å². The van der Waals surface area contributed by atoms with Crippen LogP contribution in [0.2, 0.25) is 0 Å². The lowest BCUT2D eigenvalue weighted by atomic mass is 10.2. The van der Waals surface area contributed by atoms with Crippen molar-refractivity contribution in [3.8, 4) is 0 Å². The van der Waals surface area contributed by atoms with E-state index in [1.54, 1.807) is 24.3 Å². The zero-order chi connectivity index (χ0) is 19.1. The maximum absolute atomic E-state index is 11.8. The molecule has 2 aromatic rings. The number of aryl methyl sites for hydroxylation is 1. The predicted molar refractivity (Wildman–Crippen MR) is 92.4 cm³/mol. The highest BCUT2D eigenvalue weighted by molar-refractivity contribution is 5.95. The number of nitrogens with zero attached hydrogens (tertiary/aromatic N) is 1. The van der Waals surface area contributed by atoms with Crippen LogP contribution in [0.1, 0.15) is 20.3 Å². The number of carbonyl (C=O) groups excluding carboxylic acids is 3. The van der Waals surface area contributed by atoms with Crippen molar-refractivity contribution in [3.63, 3.8) is 0 Å². The Morgan fingerprint density at radius 3 is 2.69 bits per heavy atom. The van der Waals surface area contributed by atoms with Crippen LogP contribution in [0.25, 0.3) is 11.1 Å². The minimum Gasteiger partial charge on any atom is -0.456 e. The first-order chi connectivity index (χ1) is 12.4. The van der Waals surface area contributed by atoms with Gasteiger partial charge in [0.1, 0.15) is 0 Å². The van der Waals surface area contributed by atoms with Crippen molar-refractivity contribution in [2.24, 2.45) is 5.92 Å². The SMILES string of the molecule is CC(C)CNC(=O)NC(=O)COC(=O)CCn1c(=O)oc2ccccc21. The molecule has 1 aromatic heterocycles. The van der Waals surface area contributed by atoms with Gasteiger partial charge in [-0.25, -0.2) is 9.59 Å². The Kier molecular flexibility index (Phi) is 6.54. The quantitative estimate of drug-likeness (QED) is 0.709. The van der Waals surface area contributed by atoms with Gasteiger partial charge in [0.2, 0.25) is 0 Å². The summed E-state index contributed by atoms with van der Waals surface area (Å²) in [6.45, 7) is 3.74. The Morgan fingerprint density at radius 2 is 1.96 bits per heavy atom. The molecule has 3 amide bonds. The zero-order valence-corrected chi connectivity index (χ0v) is 14.6. The molecule has 0 aliphatic heterocycles. The molecule has 2 rings (SSSR count). The van der Waals surface area contributed by atoms with Crippen molar-refractivity contribution in [2.75, 3.05) is 13.2 Å². The molecule has 0 saturated heterocycles. The summed E-state index contributed by atoms with van der Waals surface area (Å²) in [7, 11) is 0. The minimum atomic E-state index is -0.731. The molecule has 0 unspecified atom stereocenters. The van der Waals surface area contributed by atoms with E-state index in [9.17, 15) is 19.2 Å². The molecule has 26 heavy (non-hydrogen) atoms. The molecule has 0 aliphatic carbocycles. The summed E-state index contributed by atoms with van der Waals surface area (Å²) >= 11 is 0. The molecular weight excluding hydrogens is 342 g/mol. The molecule has 140 valence electrons. The van der Waals surface area contributed by atoms with Crippen LogP contribution in [0, 0.1) is 5.92 Å². The first-order valence-corrected chi connectivity index (χ1v) is 8.18. The molecule has 1 aromatic carbocycles. The summed E-state index contributed by atoms with van der Waals surface area (Å²) in [5, 5.41) is 4.56. The molecule has 0 radical (unpaired) electrons. The Bertz CT molecular complexity index is 852. The number of fused-ring (bicyclic) bond motifs is 1. The van der Waals surface area contributed by atoms with Crippen LogP contribution in [0.4, 0.5) is 4.79 Å². The Labute approximate surface area is 149 Å². The molecule has 9 nitrogen and oxygen atoms in total. The van der Waals surface area contributed by atoms with E-state index in [0.29, 0.717) is 17.6 Å². The van der Waals surface area contributed by atoms with Crippen molar-refractivity contribution in [1.29, 1.82) is 0 Å². The molecule has 0 bridgehead atoms. The van der Waals surface area contributed by atoms with Crippen molar-refractivity contribution in [3.05, 3.63) is 34.8 Å². The highest BCUT2D eigenvalue weighted by Gasteiger charge is 2.13. The van der Waals surface area contributed by atoms with Gasteiger partial charge in [-0.05, 0) is 18.1 Å². The first kappa shape index (κ1) is 19.2. The summed E-state index contributed by atoms with van der Waals surface area (Å²) in [6.07, 6.45) is -0.115. The summed E-state index contributed by atoms with van der Waals surface area (Å²) in [6, 6.07) is 6.20. The predicted octanol–water partition coefficient (Wildman–Crippen LogP) is 1.01. The lowest BCUT2D eigenvalue weighted by Crippen LogP contribution is -2.42. The van der Waals surface area contributed by atoms with Crippen molar-refractivity contribution in [1.82, 2.24) is 15.2 Å². The van der Waals surface area contributed by atoms with E-state index in [-0.39, 0.29) is 18.9 Å². The maximum atomic E-state index is 11.8. The third-order valence-electron chi connectivity index (χ3n) is 3.40. The normalized spacial score (nSPS) is 10.7. The second-order valence-electron chi connectivity index (χ2n) is 6.05. The van der Waals surface area contributed by atoms with Crippen LogP contribution in [0.5, 0.6) is 0 Å². The number of nitrogens with one attached hydrogen (secondary N) is 2. The Balaban J connectivity index is 1.77. The van der Waals surface area contributed by atoms with E-state index in [1.807, 2.05) is 13.8 Å². The number of amides is 3. The van der Waals surface area contributed by atoms with Crippen LogP contribution >= 0.6 is 0 Å². The fraction of sp³-hybridized carbons (Fsp3) is 0.412. The molecule has 0 spiro atoms. The molecule has 0 saturated carbocycles. The van der Waals surface area contributed by atoms with E-state index in [0.717, 1.165) is 0 Å². The summed E-state index contributed by atoms with van der Waals surface area (Å²) in [5.74, 6) is -1.72. The van der Waals surface area contributed by atoms with Gasteiger partial charge in [-0.1, -0.05) is 26.0 Å². The zero-order valence-electron chi connectivity index (χ0n) is 14.6. The Morgan fingerprint density at radius 1 is 1.23 bits per heavy atom. The smallest absolute Gasteiger partial charge is 0.419 e. The standard InChI is InChI=1S/C17H21N3O6/c1-11(2)9-18-16(23)19-14(21)10-25-15(22)7-8-20-12-5-3-4-6-13(12)26-17(20)24/h3-6,11H,7-10H2,1-2H3,(H2,18,19,21,23). The topological polar surface area (TPSA) is 120 Å². The van der Waals surface area contributed by atoms with Gasteiger partial charge in [0.25, 0.3) is 5.91 Å². The van der Waals surface area contributed by atoms with Gasteiger partial charge < -0.3 is 14.5 Å². The third-order valence-corrected chi connectivity index (χ3v) is 3.40. The molecular formula is C17H21N3O6. The van der Waals surface area contributed by atoms with E-state index >= 15 is 0 Å². The molecule has 0 fully saturated rings. The number of urea groups is 1. The molecule has 1 heterocycles. The fourth-order valence-corrected chi connectivity index (χ4v) is 2.15. The number of oxazole rings is 1. The summed E-state index contributed by atoms with van der Waals surface area (Å²) in [5.41, 5.74) is 1.00. The van der Waals surface area contributed by atoms with Gasteiger partial charge in [-0.15, -0.1) is 0 Å². The highest BCUT2D eigenvalue weighted by Crippen LogP contribution is 2.12. The number of hydrogen-bond donors (Lipinski definition) is 2. The largest absolute Gasteiger partial charge is 0.456 e. The molecule has 0 aliphatic rings. The molecule has 2 N–H and O–H groups in total. The maximum Gasteiger partial charge on any atom is 0.419 e. The van der Waals surface area contributed by atoms with Gasteiger partial charge in [-0.2, -0.15) is 0 Å². The van der Waals surface area contributed by atoms with Gasteiger partial charge in [0, 0.05) is 13.1 Å². The first-order valence-electron chi connectivity index (χ1n) is 8.18. The summed E-state index contributed by atoms with van der Waals surface area (Å²) < 4.78 is 11.2. The molecule has 9 heteroatoms. The monoisotopic (exact) mass is 363 g/mol. The van der Waals surface area contributed by atoms with Gasteiger partial charge >= 0.3 is 17.8 Å².